The van der Waals surface area contributed by atoms with Gasteiger partial charge in [-0.05, 0) is 29.8 Å². The smallest absolute Gasteiger partial charge is 0.232 e. The molecule has 2 aromatic carbocycles. The highest BCUT2D eigenvalue weighted by Gasteiger charge is 2.29. The molecule has 0 aliphatic carbocycles. The number of nitrogen functional groups attached to an aromatic ring is 1. The molecule has 0 bridgehead atoms. The molecule has 2 aromatic rings. The van der Waals surface area contributed by atoms with E-state index in [0.29, 0.717) is 16.4 Å². The van der Waals surface area contributed by atoms with E-state index in [2.05, 4.69) is 5.32 Å². The number of fused-ring (bicyclic) bond motifs is 1. The normalized spacial score (nSPS) is 16.8. The quantitative estimate of drug-likeness (QED) is 0.831. The van der Waals surface area contributed by atoms with Crippen LogP contribution in [-0.4, -0.2) is 11.7 Å². The van der Waals surface area contributed by atoms with Crippen LogP contribution in [0.5, 0.6) is 0 Å². The summed E-state index contributed by atoms with van der Waals surface area (Å²) in [4.78, 5) is 13.6. The highest BCUT2D eigenvalue weighted by atomic mass is 35.5. The SMILES string of the molecule is Nc1ccc(Cl)c(NC(=O)C2CSc3ccccc32)c1. The molecule has 3 nitrogen and oxygen atoms in total. The van der Waals surface area contributed by atoms with Crippen LogP contribution in [0, 0.1) is 0 Å². The Labute approximate surface area is 126 Å². The van der Waals surface area contributed by atoms with E-state index in [4.69, 9.17) is 17.3 Å². The first kappa shape index (κ1) is 13.3. The van der Waals surface area contributed by atoms with Crippen LogP contribution in [0.4, 0.5) is 11.4 Å². The van der Waals surface area contributed by atoms with E-state index in [1.165, 1.54) is 4.90 Å². The maximum Gasteiger partial charge on any atom is 0.232 e. The number of nitrogens with two attached hydrogens (primary N) is 1. The Morgan fingerprint density at radius 3 is 2.95 bits per heavy atom. The third kappa shape index (κ3) is 2.49. The van der Waals surface area contributed by atoms with Gasteiger partial charge in [-0.15, -0.1) is 11.8 Å². The largest absolute Gasteiger partial charge is 0.399 e. The molecule has 1 aliphatic rings. The molecule has 0 radical (unpaired) electrons. The number of anilines is 2. The Hall–Kier alpha value is -1.65. The number of thioether (sulfide) groups is 1. The number of nitrogens with one attached hydrogen (secondary N) is 1. The van der Waals surface area contributed by atoms with Crippen LogP contribution in [0.2, 0.25) is 5.02 Å². The van der Waals surface area contributed by atoms with E-state index in [1.54, 1.807) is 30.0 Å². The summed E-state index contributed by atoms with van der Waals surface area (Å²) in [6, 6.07) is 13.1. The molecule has 0 fully saturated rings. The Bertz CT molecular complexity index is 675. The maximum atomic E-state index is 12.4. The van der Waals surface area contributed by atoms with Gasteiger partial charge in [-0.2, -0.15) is 0 Å². The number of hydrogen-bond donors (Lipinski definition) is 2. The molecule has 5 heteroatoms. The number of benzene rings is 2. The van der Waals surface area contributed by atoms with Gasteiger partial charge in [-0.1, -0.05) is 29.8 Å². The lowest BCUT2D eigenvalue weighted by atomic mass is 10.0. The van der Waals surface area contributed by atoms with Crippen molar-refractivity contribution in [3.8, 4) is 0 Å². The number of carbonyl (C=O) groups excluding carboxylic acids is 1. The van der Waals surface area contributed by atoms with E-state index in [1.807, 2.05) is 24.3 Å². The number of amides is 1. The summed E-state index contributed by atoms with van der Waals surface area (Å²) in [7, 11) is 0. The van der Waals surface area contributed by atoms with Crippen molar-refractivity contribution in [1.82, 2.24) is 0 Å². The van der Waals surface area contributed by atoms with Crippen LogP contribution in [0.1, 0.15) is 11.5 Å². The van der Waals surface area contributed by atoms with Gasteiger partial charge in [0.1, 0.15) is 0 Å². The van der Waals surface area contributed by atoms with Crippen molar-refractivity contribution in [2.75, 3.05) is 16.8 Å². The second-order valence-corrected chi connectivity index (χ2v) is 6.10. The minimum atomic E-state index is -0.145. The Kier molecular flexibility index (Phi) is 3.59. The van der Waals surface area contributed by atoms with Gasteiger partial charge < -0.3 is 11.1 Å². The standard InChI is InChI=1S/C15H13ClN2OS/c16-12-6-5-9(17)7-13(12)18-15(19)11-8-20-14-4-2-1-3-10(11)14/h1-7,11H,8,17H2,(H,18,19). The fraction of sp³-hybridized carbons (Fsp3) is 0.133. The first-order chi connectivity index (χ1) is 9.65. The molecule has 1 atom stereocenters. The van der Waals surface area contributed by atoms with Gasteiger partial charge in [-0.3, -0.25) is 4.79 Å². The fourth-order valence-electron chi connectivity index (χ4n) is 2.24. The monoisotopic (exact) mass is 304 g/mol. The van der Waals surface area contributed by atoms with Gasteiger partial charge in [0.2, 0.25) is 5.91 Å². The van der Waals surface area contributed by atoms with Crippen molar-refractivity contribution in [2.45, 2.75) is 10.8 Å². The second kappa shape index (κ2) is 5.38. The van der Waals surface area contributed by atoms with Crippen molar-refractivity contribution in [2.24, 2.45) is 0 Å². The number of halogens is 1. The summed E-state index contributed by atoms with van der Waals surface area (Å²) < 4.78 is 0. The summed E-state index contributed by atoms with van der Waals surface area (Å²) in [5.74, 6) is 0.564. The maximum absolute atomic E-state index is 12.4. The Balaban J connectivity index is 1.83. The summed E-state index contributed by atoms with van der Waals surface area (Å²) in [6.45, 7) is 0. The van der Waals surface area contributed by atoms with Gasteiger partial charge in [-0.25, -0.2) is 0 Å². The highest BCUT2D eigenvalue weighted by molar-refractivity contribution is 7.99. The third-order valence-corrected chi connectivity index (χ3v) is 4.78. The van der Waals surface area contributed by atoms with Gasteiger partial charge in [0.25, 0.3) is 0 Å². The van der Waals surface area contributed by atoms with Gasteiger partial charge in [0, 0.05) is 16.3 Å². The molecular weight excluding hydrogens is 292 g/mol. The van der Waals surface area contributed by atoms with Crippen molar-refractivity contribution in [3.63, 3.8) is 0 Å². The van der Waals surface area contributed by atoms with Crippen molar-refractivity contribution < 1.29 is 4.79 Å². The zero-order chi connectivity index (χ0) is 14.1. The van der Waals surface area contributed by atoms with Crippen LogP contribution < -0.4 is 11.1 Å². The predicted octanol–water partition coefficient (Wildman–Crippen LogP) is 3.75. The lowest BCUT2D eigenvalue weighted by molar-refractivity contribution is -0.117. The molecule has 20 heavy (non-hydrogen) atoms. The second-order valence-electron chi connectivity index (χ2n) is 4.63. The number of carbonyl (C=O) groups is 1. The number of hydrogen-bond acceptors (Lipinski definition) is 3. The van der Waals surface area contributed by atoms with Crippen molar-refractivity contribution in [1.29, 1.82) is 0 Å². The summed E-state index contributed by atoms with van der Waals surface area (Å²) in [5, 5.41) is 3.36. The third-order valence-electron chi connectivity index (χ3n) is 3.26. The minimum Gasteiger partial charge on any atom is -0.399 e. The molecule has 3 rings (SSSR count). The number of rotatable bonds is 2. The van der Waals surface area contributed by atoms with E-state index in [-0.39, 0.29) is 11.8 Å². The van der Waals surface area contributed by atoms with E-state index >= 15 is 0 Å². The van der Waals surface area contributed by atoms with E-state index < -0.39 is 0 Å². The average molecular weight is 305 g/mol. The first-order valence-corrected chi connectivity index (χ1v) is 7.59. The Morgan fingerprint density at radius 1 is 1.30 bits per heavy atom. The molecule has 3 N–H and O–H groups in total. The van der Waals surface area contributed by atoms with Gasteiger partial charge in [0.05, 0.1) is 16.6 Å². The van der Waals surface area contributed by atoms with Gasteiger partial charge >= 0.3 is 0 Å². The molecule has 0 aromatic heterocycles. The van der Waals surface area contributed by atoms with Crippen LogP contribution in [0.25, 0.3) is 0 Å². The first-order valence-electron chi connectivity index (χ1n) is 6.23. The zero-order valence-electron chi connectivity index (χ0n) is 10.6. The molecule has 1 amide bonds. The van der Waals surface area contributed by atoms with Crippen LogP contribution >= 0.6 is 23.4 Å². The summed E-state index contributed by atoms with van der Waals surface area (Å²) in [5.41, 5.74) is 7.93. The average Bonchev–Trinajstić information content (AvgIpc) is 2.87. The molecule has 0 saturated heterocycles. The van der Waals surface area contributed by atoms with Crippen molar-refractivity contribution >= 4 is 40.6 Å². The molecular formula is C15H13ClN2OS. The zero-order valence-corrected chi connectivity index (χ0v) is 12.2. The molecule has 0 spiro atoms. The lowest BCUT2D eigenvalue weighted by Gasteiger charge is -2.13. The fourth-order valence-corrected chi connectivity index (χ4v) is 3.63. The van der Waals surface area contributed by atoms with E-state index in [9.17, 15) is 4.79 Å². The molecule has 1 aliphatic heterocycles. The van der Waals surface area contributed by atoms with E-state index in [0.717, 1.165) is 11.3 Å². The topological polar surface area (TPSA) is 55.1 Å². The Morgan fingerprint density at radius 2 is 2.10 bits per heavy atom. The summed E-state index contributed by atoms with van der Waals surface area (Å²) in [6.07, 6.45) is 0. The van der Waals surface area contributed by atoms with Crippen LogP contribution in [0.3, 0.4) is 0 Å². The van der Waals surface area contributed by atoms with Gasteiger partial charge in [0.15, 0.2) is 0 Å². The minimum absolute atomic E-state index is 0.0463. The molecule has 102 valence electrons. The molecule has 1 unspecified atom stereocenters. The van der Waals surface area contributed by atoms with Crippen LogP contribution in [-0.2, 0) is 4.79 Å². The molecule has 1 heterocycles. The lowest BCUT2D eigenvalue weighted by Crippen LogP contribution is -2.21. The summed E-state index contributed by atoms with van der Waals surface area (Å²) >= 11 is 7.78. The van der Waals surface area contributed by atoms with Crippen LogP contribution in [0.15, 0.2) is 47.4 Å². The van der Waals surface area contributed by atoms with Crippen molar-refractivity contribution in [3.05, 3.63) is 53.1 Å². The molecule has 0 saturated carbocycles. The highest BCUT2D eigenvalue weighted by Crippen LogP contribution is 2.40. The predicted molar refractivity (Wildman–Crippen MR) is 84.4 cm³/mol.